The zero-order valence-electron chi connectivity index (χ0n) is 17.4. The van der Waals surface area contributed by atoms with Gasteiger partial charge in [0, 0.05) is 20.6 Å². The summed E-state index contributed by atoms with van der Waals surface area (Å²) >= 11 is 0. The molecular formula is C23H37N3. The summed E-state index contributed by atoms with van der Waals surface area (Å²) < 4.78 is 0. The Morgan fingerprint density at radius 1 is 1.04 bits per heavy atom. The number of benzene rings is 1. The van der Waals surface area contributed by atoms with Crippen LogP contribution in [0, 0.1) is 17.3 Å². The van der Waals surface area contributed by atoms with E-state index in [1.165, 1.54) is 43.8 Å². The number of nitrogens with zero attached hydrogens (tertiary/aromatic N) is 3. The predicted octanol–water partition coefficient (Wildman–Crippen LogP) is 4.68. The normalized spacial score (nSPS) is 26.7. The average molecular weight is 356 g/mol. The van der Waals surface area contributed by atoms with Crippen LogP contribution in [0.25, 0.3) is 0 Å². The molecule has 3 rings (SSSR count). The largest absolute Gasteiger partial charge is 0.349 e. The minimum atomic E-state index is 0.463. The second-order valence-electron chi connectivity index (χ2n) is 9.61. The number of guanidine groups is 1. The van der Waals surface area contributed by atoms with Crippen molar-refractivity contribution in [1.29, 1.82) is 0 Å². The lowest BCUT2D eigenvalue weighted by molar-refractivity contribution is 0.132. The third-order valence-corrected chi connectivity index (χ3v) is 6.38. The number of hydrogen-bond donors (Lipinski definition) is 0. The van der Waals surface area contributed by atoms with Gasteiger partial charge in [-0.15, -0.1) is 0 Å². The van der Waals surface area contributed by atoms with Crippen LogP contribution in [0.15, 0.2) is 35.3 Å². The van der Waals surface area contributed by atoms with Crippen LogP contribution in [-0.4, -0.2) is 49.0 Å². The monoisotopic (exact) mass is 355 g/mol. The fraction of sp³-hybridized carbons (Fsp3) is 0.696. The quantitative estimate of drug-likeness (QED) is 0.781. The Hall–Kier alpha value is -1.51. The third-order valence-electron chi connectivity index (χ3n) is 6.38. The lowest BCUT2D eigenvalue weighted by Gasteiger charge is -2.40. The molecule has 1 saturated carbocycles. The molecule has 144 valence electrons. The zero-order valence-corrected chi connectivity index (χ0v) is 17.4. The topological polar surface area (TPSA) is 18.8 Å². The smallest absolute Gasteiger partial charge is 0.196 e. The van der Waals surface area contributed by atoms with E-state index in [0.717, 1.165) is 24.8 Å². The molecule has 0 bridgehead atoms. The highest BCUT2D eigenvalue weighted by Gasteiger charge is 2.34. The molecule has 0 amide bonds. The van der Waals surface area contributed by atoms with Crippen molar-refractivity contribution < 1.29 is 0 Å². The van der Waals surface area contributed by atoms with E-state index >= 15 is 0 Å². The van der Waals surface area contributed by atoms with E-state index in [-0.39, 0.29) is 0 Å². The Morgan fingerprint density at radius 2 is 1.69 bits per heavy atom. The standard InChI is InChI=1S/C23H37N3/c1-23(2,3)20-13-11-19(12-14-20)17-26-21(16-24-22(26)25(4)5)15-18-9-7-6-8-10-18/h6-10,19-21H,11-17H2,1-5H3/t19?,20?,21-/m0/s1. The molecule has 1 aromatic carbocycles. The molecule has 1 aromatic rings. The van der Waals surface area contributed by atoms with E-state index < -0.39 is 0 Å². The average Bonchev–Trinajstić information content (AvgIpc) is 2.98. The van der Waals surface area contributed by atoms with E-state index in [0.29, 0.717) is 11.5 Å². The van der Waals surface area contributed by atoms with Crippen LogP contribution in [0.3, 0.4) is 0 Å². The van der Waals surface area contributed by atoms with Gasteiger partial charge >= 0.3 is 0 Å². The highest BCUT2D eigenvalue weighted by molar-refractivity contribution is 5.81. The molecule has 0 radical (unpaired) electrons. The summed E-state index contributed by atoms with van der Waals surface area (Å²) in [6, 6.07) is 11.4. The summed E-state index contributed by atoms with van der Waals surface area (Å²) in [6.45, 7) is 9.33. The minimum absolute atomic E-state index is 0.463. The van der Waals surface area contributed by atoms with Gasteiger partial charge in [0.1, 0.15) is 0 Å². The van der Waals surface area contributed by atoms with Crippen molar-refractivity contribution in [2.75, 3.05) is 27.2 Å². The van der Waals surface area contributed by atoms with E-state index in [4.69, 9.17) is 4.99 Å². The SMILES string of the molecule is CN(C)C1=NC[C@H](Cc2ccccc2)N1CC1CCC(C(C)(C)C)CC1. The lowest BCUT2D eigenvalue weighted by Crippen LogP contribution is -2.46. The maximum Gasteiger partial charge on any atom is 0.196 e. The Morgan fingerprint density at radius 3 is 2.27 bits per heavy atom. The van der Waals surface area contributed by atoms with Crippen molar-refractivity contribution in [1.82, 2.24) is 9.80 Å². The Balaban J connectivity index is 1.63. The fourth-order valence-electron chi connectivity index (χ4n) is 4.72. The molecule has 0 saturated heterocycles. The van der Waals surface area contributed by atoms with Gasteiger partial charge in [0.25, 0.3) is 0 Å². The van der Waals surface area contributed by atoms with Crippen molar-refractivity contribution in [3.63, 3.8) is 0 Å². The molecule has 3 nitrogen and oxygen atoms in total. The van der Waals surface area contributed by atoms with Crippen molar-refractivity contribution in [3.8, 4) is 0 Å². The molecule has 1 heterocycles. The van der Waals surface area contributed by atoms with Gasteiger partial charge in [-0.25, -0.2) is 0 Å². The van der Waals surface area contributed by atoms with Gasteiger partial charge in [0.05, 0.1) is 12.6 Å². The van der Waals surface area contributed by atoms with Crippen LogP contribution in [-0.2, 0) is 6.42 Å². The molecular weight excluding hydrogens is 318 g/mol. The summed E-state index contributed by atoms with van der Waals surface area (Å²) in [6.07, 6.45) is 6.62. The van der Waals surface area contributed by atoms with Crippen molar-refractivity contribution in [2.24, 2.45) is 22.2 Å². The zero-order chi connectivity index (χ0) is 18.7. The number of aliphatic imine (C=N–C) groups is 1. The van der Waals surface area contributed by atoms with Gasteiger partial charge in [-0.1, -0.05) is 51.1 Å². The van der Waals surface area contributed by atoms with Gasteiger partial charge in [-0.05, 0) is 54.9 Å². The van der Waals surface area contributed by atoms with Crippen LogP contribution in [0.5, 0.6) is 0 Å². The number of rotatable bonds is 4. The molecule has 1 fully saturated rings. The predicted molar refractivity (Wildman–Crippen MR) is 112 cm³/mol. The van der Waals surface area contributed by atoms with E-state index in [9.17, 15) is 0 Å². The minimum Gasteiger partial charge on any atom is -0.349 e. The van der Waals surface area contributed by atoms with Gasteiger partial charge in [0.15, 0.2) is 5.96 Å². The van der Waals surface area contributed by atoms with Crippen LogP contribution in [0.1, 0.15) is 52.0 Å². The maximum atomic E-state index is 4.88. The molecule has 1 aliphatic carbocycles. The van der Waals surface area contributed by atoms with Gasteiger partial charge < -0.3 is 9.80 Å². The highest BCUT2D eigenvalue weighted by Crippen LogP contribution is 2.40. The second kappa shape index (κ2) is 8.02. The first-order chi connectivity index (χ1) is 12.3. The molecule has 0 aromatic heterocycles. The molecule has 0 N–H and O–H groups in total. The number of hydrogen-bond acceptors (Lipinski definition) is 3. The van der Waals surface area contributed by atoms with Gasteiger partial charge in [-0.2, -0.15) is 0 Å². The Bertz CT molecular complexity index is 592. The van der Waals surface area contributed by atoms with Crippen LogP contribution < -0.4 is 0 Å². The first-order valence-electron chi connectivity index (χ1n) is 10.4. The van der Waals surface area contributed by atoms with Gasteiger partial charge in [-0.3, -0.25) is 4.99 Å². The summed E-state index contributed by atoms with van der Waals surface area (Å²) in [5.74, 6) is 2.89. The molecule has 0 unspecified atom stereocenters. The van der Waals surface area contributed by atoms with Crippen molar-refractivity contribution in [3.05, 3.63) is 35.9 Å². The van der Waals surface area contributed by atoms with E-state index in [2.05, 4.69) is 75.0 Å². The molecule has 0 spiro atoms. The van der Waals surface area contributed by atoms with E-state index in [1.807, 2.05) is 0 Å². The van der Waals surface area contributed by atoms with Crippen LogP contribution in [0.2, 0.25) is 0 Å². The molecule has 26 heavy (non-hydrogen) atoms. The van der Waals surface area contributed by atoms with Crippen molar-refractivity contribution in [2.45, 2.75) is 58.9 Å². The second-order valence-corrected chi connectivity index (χ2v) is 9.61. The van der Waals surface area contributed by atoms with Crippen LogP contribution in [0.4, 0.5) is 0 Å². The maximum absolute atomic E-state index is 4.88. The summed E-state index contributed by atoms with van der Waals surface area (Å²) in [4.78, 5) is 9.69. The molecule has 3 heteroatoms. The first-order valence-corrected chi connectivity index (χ1v) is 10.4. The summed E-state index contributed by atoms with van der Waals surface area (Å²) in [5.41, 5.74) is 1.89. The Kier molecular flexibility index (Phi) is 5.94. The lowest BCUT2D eigenvalue weighted by atomic mass is 9.70. The van der Waals surface area contributed by atoms with Gasteiger partial charge in [0.2, 0.25) is 0 Å². The fourth-order valence-corrected chi connectivity index (χ4v) is 4.72. The summed E-state index contributed by atoms with van der Waals surface area (Å²) in [7, 11) is 4.26. The van der Waals surface area contributed by atoms with Crippen molar-refractivity contribution >= 4 is 5.96 Å². The van der Waals surface area contributed by atoms with E-state index in [1.54, 1.807) is 0 Å². The summed E-state index contributed by atoms with van der Waals surface area (Å²) in [5, 5.41) is 0. The molecule has 1 atom stereocenters. The third kappa shape index (κ3) is 4.61. The Labute approximate surface area is 160 Å². The molecule has 2 aliphatic rings. The first kappa shape index (κ1) is 19.3. The molecule has 1 aliphatic heterocycles. The highest BCUT2D eigenvalue weighted by atomic mass is 15.4. The van der Waals surface area contributed by atoms with Crippen LogP contribution >= 0.6 is 0 Å².